The molecule has 2 aliphatic rings. The minimum absolute atomic E-state index is 0.666. The van der Waals surface area contributed by atoms with Crippen LogP contribution in [0.25, 0.3) is 0 Å². The Morgan fingerprint density at radius 3 is 2.67 bits per heavy atom. The highest BCUT2D eigenvalue weighted by Crippen LogP contribution is 2.29. The highest BCUT2D eigenvalue weighted by Gasteiger charge is 2.29. The van der Waals surface area contributed by atoms with E-state index in [0.717, 1.165) is 50.8 Å². The van der Waals surface area contributed by atoms with E-state index >= 15 is 0 Å². The van der Waals surface area contributed by atoms with Crippen LogP contribution in [0.15, 0.2) is 36.7 Å². The van der Waals surface area contributed by atoms with Crippen molar-refractivity contribution >= 4 is 5.69 Å². The van der Waals surface area contributed by atoms with Gasteiger partial charge in [-0.3, -0.25) is 9.80 Å². The van der Waals surface area contributed by atoms with Gasteiger partial charge < -0.3 is 14.2 Å². The largest absolute Gasteiger partial charge is 0.495 e. The van der Waals surface area contributed by atoms with Crippen LogP contribution < -0.4 is 9.64 Å². The maximum absolute atomic E-state index is 5.55. The second-order valence-electron chi connectivity index (χ2n) is 7.68. The zero-order chi connectivity index (χ0) is 18.6. The van der Waals surface area contributed by atoms with Gasteiger partial charge in [0.15, 0.2) is 0 Å². The lowest BCUT2D eigenvalue weighted by molar-refractivity contribution is 0.0868. The van der Waals surface area contributed by atoms with Gasteiger partial charge in [-0.05, 0) is 31.5 Å². The minimum atomic E-state index is 0.666. The molecule has 27 heavy (non-hydrogen) atoms. The number of imidazole rings is 1. The van der Waals surface area contributed by atoms with Crippen LogP contribution in [0.5, 0.6) is 5.75 Å². The molecular weight excluding hydrogens is 338 g/mol. The molecule has 2 aromatic rings. The van der Waals surface area contributed by atoms with E-state index in [1.807, 2.05) is 18.5 Å². The molecule has 0 saturated carbocycles. The summed E-state index contributed by atoms with van der Waals surface area (Å²) in [5, 5.41) is 0. The van der Waals surface area contributed by atoms with E-state index in [1.54, 1.807) is 7.11 Å². The maximum Gasteiger partial charge on any atom is 0.142 e. The van der Waals surface area contributed by atoms with Crippen LogP contribution in [0.1, 0.15) is 18.7 Å². The Morgan fingerprint density at radius 1 is 1.11 bits per heavy atom. The molecule has 0 unspecified atom stereocenters. The van der Waals surface area contributed by atoms with Gasteiger partial charge in [0.1, 0.15) is 11.6 Å². The molecule has 0 bridgehead atoms. The third-order valence-corrected chi connectivity index (χ3v) is 6.02. The third-order valence-electron chi connectivity index (χ3n) is 6.02. The van der Waals surface area contributed by atoms with E-state index in [4.69, 9.17) is 4.74 Å². The topological polar surface area (TPSA) is 36.8 Å². The normalized spacial score (nSPS) is 22.1. The molecule has 4 rings (SSSR count). The fourth-order valence-electron chi connectivity index (χ4n) is 4.44. The monoisotopic (exact) mass is 369 g/mol. The van der Waals surface area contributed by atoms with Crippen LogP contribution in [0, 0.1) is 0 Å². The number of piperazine rings is 1. The van der Waals surface area contributed by atoms with Crippen LogP contribution in [0.4, 0.5) is 5.69 Å². The zero-order valence-corrected chi connectivity index (χ0v) is 16.5. The van der Waals surface area contributed by atoms with Gasteiger partial charge in [0.05, 0.1) is 19.3 Å². The summed E-state index contributed by atoms with van der Waals surface area (Å²) in [5.74, 6) is 2.14. The first-order valence-electron chi connectivity index (χ1n) is 10.0. The molecular formula is C21H31N5O. The number of methoxy groups -OCH3 is 1. The van der Waals surface area contributed by atoms with E-state index in [9.17, 15) is 0 Å². The van der Waals surface area contributed by atoms with Crippen molar-refractivity contribution in [3.05, 3.63) is 42.5 Å². The minimum Gasteiger partial charge on any atom is -0.495 e. The summed E-state index contributed by atoms with van der Waals surface area (Å²) in [6, 6.07) is 9.03. The molecule has 2 fully saturated rings. The summed E-state index contributed by atoms with van der Waals surface area (Å²) in [6.45, 7) is 7.68. The van der Waals surface area contributed by atoms with E-state index in [0.29, 0.717) is 6.04 Å². The molecule has 1 aromatic heterocycles. The number of rotatable bonds is 5. The second-order valence-corrected chi connectivity index (χ2v) is 7.68. The van der Waals surface area contributed by atoms with Crippen LogP contribution in [0.3, 0.4) is 0 Å². The molecule has 0 aliphatic carbocycles. The highest BCUT2D eigenvalue weighted by atomic mass is 16.5. The molecule has 1 aromatic carbocycles. The molecule has 6 nitrogen and oxygen atoms in total. The van der Waals surface area contributed by atoms with E-state index < -0.39 is 0 Å². The quantitative estimate of drug-likeness (QED) is 0.808. The number of ether oxygens (including phenoxy) is 1. The van der Waals surface area contributed by atoms with Crippen molar-refractivity contribution in [2.45, 2.75) is 25.4 Å². The number of nitrogens with zero attached hydrogens (tertiary/aromatic N) is 5. The summed E-state index contributed by atoms with van der Waals surface area (Å²) in [5.41, 5.74) is 1.22. The van der Waals surface area contributed by atoms with Crippen LogP contribution in [-0.4, -0.2) is 71.8 Å². The van der Waals surface area contributed by atoms with Crippen LogP contribution in [-0.2, 0) is 13.6 Å². The van der Waals surface area contributed by atoms with E-state index in [1.165, 1.54) is 25.1 Å². The molecule has 0 amide bonds. The second kappa shape index (κ2) is 8.31. The van der Waals surface area contributed by atoms with E-state index in [2.05, 4.69) is 49.5 Å². The van der Waals surface area contributed by atoms with Crippen molar-refractivity contribution in [3.8, 4) is 5.75 Å². The van der Waals surface area contributed by atoms with Crippen molar-refractivity contribution in [2.24, 2.45) is 7.05 Å². The number of para-hydroxylation sites is 2. The Balaban J connectivity index is 1.33. The van der Waals surface area contributed by atoms with Gasteiger partial charge in [-0.15, -0.1) is 0 Å². The number of aromatic nitrogens is 2. The molecule has 6 heteroatoms. The SMILES string of the molecule is COc1ccccc1N1CCN([C@H]2CCCN(Cc3nccn3C)C2)CC1. The number of benzene rings is 1. The number of likely N-dealkylation sites (tertiary alicyclic amines) is 1. The van der Waals surface area contributed by atoms with Crippen molar-refractivity contribution in [1.29, 1.82) is 0 Å². The van der Waals surface area contributed by atoms with Crippen molar-refractivity contribution < 1.29 is 4.74 Å². The van der Waals surface area contributed by atoms with Crippen molar-refractivity contribution in [3.63, 3.8) is 0 Å². The maximum atomic E-state index is 5.55. The zero-order valence-electron chi connectivity index (χ0n) is 16.5. The summed E-state index contributed by atoms with van der Waals surface area (Å²) >= 11 is 0. The molecule has 0 spiro atoms. The Hall–Kier alpha value is -2.05. The average molecular weight is 370 g/mol. The van der Waals surface area contributed by atoms with E-state index in [-0.39, 0.29) is 0 Å². The first-order valence-corrected chi connectivity index (χ1v) is 10.0. The van der Waals surface area contributed by atoms with Crippen LogP contribution >= 0.6 is 0 Å². The fourth-order valence-corrected chi connectivity index (χ4v) is 4.44. The third kappa shape index (κ3) is 4.12. The van der Waals surface area contributed by atoms with Gasteiger partial charge in [-0.1, -0.05) is 12.1 Å². The highest BCUT2D eigenvalue weighted by molar-refractivity contribution is 5.58. The average Bonchev–Trinajstić information content (AvgIpc) is 3.13. The molecule has 2 saturated heterocycles. The van der Waals surface area contributed by atoms with Crippen molar-refractivity contribution in [2.75, 3.05) is 51.3 Å². The Labute approximate surface area is 162 Å². The Bertz CT molecular complexity index is 738. The van der Waals surface area contributed by atoms with Crippen molar-refractivity contribution in [1.82, 2.24) is 19.4 Å². The fraction of sp³-hybridized carbons (Fsp3) is 0.571. The number of anilines is 1. The van der Waals surface area contributed by atoms with Gasteiger partial charge in [0, 0.05) is 58.2 Å². The lowest BCUT2D eigenvalue weighted by Crippen LogP contribution is -2.55. The number of piperidine rings is 1. The standard InChI is InChI=1S/C21H31N5O/c1-23-11-9-22-21(23)17-24-10-5-6-18(16-24)25-12-14-26(15-13-25)19-7-3-4-8-20(19)27-2/h3-4,7-9,11,18H,5-6,10,12-17H2,1-2H3/t18-/m0/s1. The van der Waals surface area contributed by atoms with Gasteiger partial charge >= 0.3 is 0 Å². The molecule has 0 radical (unpaired) electrons. The predicted octanol–water partition coefficient (Wildman–Crippen LogP) is 2.22. The first kappa shape index (κ1) is 18.3. The van der Waals surface area contributed by atoms with Gasteiger partial charge in [0.25, 0.3) is 0 Å². The molecule has 0 N–H and O–H groups in total. The molecule has 2 aliphatic heterocycles. The van der Waals surface area contributed by atoms with Gasteiger partial charge in [0.2, 0.25) is 0 Å². The first-order chi connectivity index (χ1) is 13.2. The number of aryl methyl sites for hydroxylation is 1. The lowest BCUT2D eigenvalue weighted by atomic mass is 10.0. The molecule has 146 valence electrons. The number of hydrogen-bond acceptors (Lipinski definition) is 5. The van der Waals surface area contributed by atoms with Gasteiger partial charge in [-0.25, -0.2) is 4.98 Å². The summed E-state index contributed by atoms with van der Waals surface area (Å²) in [7, 11) is 3.84. The summed E-state index contributed by atoms with van der Waals surface area (Å²) in [6.07, 6.45) is 6.52. The predicted molar refractivity (Wildman–Crippen MR) is 108 cm³/mol. The smallest absolute Gasteiger partial charge is 0.142 e. The summed E-state index contributed by atoms with van der Waals surface area (Å²) < 4.78 is 7.68. The Morgan fingerprint density at radius 2 is 1.93 bits per heavy atom. The Kier molecular flexibility index (Phi) is 5.64. The van der Waals surface area contributed by atoms with Gasteiger partial charge in [-0.2, -0.15) is 0 Å². The molecule has 1 atom stereocenters. The molecule has 3 heterocycles. The summed E-state index contributed by atoms with van der Waals surface area (Å²) in [4.78, 5) is 12.2. The lowest BCUT2D eigenvalue weighted by Gasteiger charge is -2.44. The number of hydrogen-bond donors (Lipinski definition) is 0. The van der Waals surface area contributed by atoms with Crippen LogP contribution in [0.2, 0.25) is 0 Å².